The summed E-state index contributed by atoms with van der Waals surface area (Å²) in [5.41, 5.74) is 0. The van der Waals surface area contributed by atoms with Crippen LogP contribution in [0.15, 0.2) is 24.3 Å². The molecule has 0 aromatic carbocycles. The van der Waals surface area contributed by atoms with Crippen molar-refractivity contribution in [3.8, 4) is 0 Å². The second-order valence-electron chi connectivity index (χ2n) is 11.5. The SMILES string of the molecule is COC(=O)CCC/C=C\C[C@@H]1[C@@H](/C=C/[C@@H](OC2CCCCO2)C2CCCC2)[C@H](OC2CCCCO2)C[C@@H]1O. The number of esters is 1. The summed E-state index contributed by atoms with van der Waals surface area (Å²) in [5.74, 6) is 0.525. The van der Waals surface area contributed by atoms with Gasteiger partial charge in [0.1, 0.15) is 0 Å². The number of methoxy groups -OCH3 is 1. The van der Waals surface area contributed by atoms with Crippen LogP contribution in [0.4, 0.5) is 0 Å². The Hall–Kier alpha value is -1.25. The van der Waals surface area contributed by atoms with Gasteiger partial charge in [0.25, 0.3) is 0 Å². The third-order valence-electron chi connectivity index (χ3n) is 8.74. The molecule has 1 N–H and O–H groups in total. The van der Waals surface area contributed by atoms with Crippen LogP contribution in [0.3, 0.4) is 0 Å². The summed E-state index contributed by atoms with van der Waals surface area (Å²) in [4.78, 5) is 11.4. The topological polar surface area (TPSA) is 83.5 Å². The van der Waals surface area contributed by atoms with E-state index in [-0.39, 0.29) is 42.6 Å². The molecule has 0 aromatic heterocycles. The molecule has 2 saturated heterocycles. The van der Waals surface area contributed by atoms with E-state index in [1.807, 2.05) is 0 Å². The van der Waals surface area contributed by atoms with Crippen LogP contribution >= 0.6 is 0 Å². The number of ether oxygens (including phenoxy) is 5. The van der Waals surface area contributed by atoms with Crippen molar-refractivity contribution in [3.63, 3.8) is 0 Å². The zero-order chi connectivity index (χ0) is 26.6. The van der Waals surface area contributed by atoms with Gasteiger partial charge < -0.3 is 28.8 Å². The van der Waals surface area contributed by atoms with E-state index < -0.39 is 6.10 Å². The Morgan fingerprint density at radius 1 is 0.974 bits per heavy atom. The maximum Gasteiger partial charge on any atom is 0.305 e. The number of rotatable bonds is 13. The van der Waals surface area contributed by atoms with E-state index in [1.54, 1.807) is 0 Å². The molecule has 2 aliphatic carbocycles. The highest BCUT2D eigenvalue weighted by Gasteiger charge is 2.42. The minimum atomic E-state index is -0.425. The number of hydrogen-bond donors (Lipinski definition) is 1. The Balaban J connectivity index is 1.42. The molecule has 38 heavy (non-hydrogen) atoms. The van der Waals surface area contributed by atoms with Crippen molar-refractivity contribution in [1.82, 2.24) is 0 Å². The Morgan fingerprint density at radius 2 is 1.68 bits per heavy atom. The van der Waals surface area contributed by atoms with Gasteiger partial charge in [0.2, 0.25) is 0 Å². The Morgan fingerprint density at radius 3 is 2.37 bits per heavy atom. The van der Waals surface area contributed by atoms with Gasteiger partial charge in [0, 0.05) is 32.0 Å². The van der Waals surface area contributed by atoms with E-state index in [0.717, 1.165) is 71.0 Å². The van der Waals surface area contributed by atoms with E-state index in [0.29, 0.717) is 18.8 Å². The number of allylic oxidation sites excluding steroid dienone is 2. The lowest BCUT2D eigenvalue weighted by Gasteiger charge is -2.31. The lowest BCUT2D eigenvalue weighted by atomic mass is 9.88. The molecular formula is C31H50O7. The molecule has 2 aliphatic heterocycles. The van der Waals surface area contributed by atoms with Gasteiger partial charge in [-0.25, -0.2) is 0 Å². The number of carbonyl (C=O) groups is 1. The van der Waals surface area contributed by atoms with Crippen molar-refractivity contribution < 1.29 is 33.6 Å². The highest BCUT2D eigenvalue weighted by molar-refractivity contribution is 5.69. The number of unbranched alkanes of at least 4 members (excludes halogenated alkanes) is 1. The highest BCUT2D eigenvalue weighted by atomic mass is 16.7. The van der Waals surface area contributed by atoms with Gasteiger partial charge in [-0.1, -0.05) is 37.1 Å². The third kappa shape index (κ3) is 9.16. The normalized spacial score (nSPS) is 33.8. The first-order chi connectivity index (χ1) is 18.6. The summed E-state index contributed by atoms with van der Waals surface area (Å²) in [6, 6.07) is 0. The molecule has 7 nitrogen and oxygen atoms in total. The quantitative estimate of drug-likeness (QED) is 0.180. The average molecular weight is 535 g/mol. The lowest BCUT2D eigenvalue weighted by Crippen LogP contribution is -2.32. The smallest absolute Gasteiger partial charge is 0.305 e. The summed E-state index contributed by atoms with van der Waals surface area (Å²) in [6.45, 7) is 1.53. The predicted octanol–water partition coefficient (Wildman–Crippen LogP) is 5.84. The van der Waals surface area contributed by atoms with E-state index in [2.05, 4.69) is 24.3 Å². The van der Waals surface area contributed by atoms with Crippen LogP contribution in [0, 0.1) is 17.8 Å². The van der Waals surface area contributed by atoms with Gasteiger partial charge in [0.15, 0.2) is 12.6 Å². The summed E-state index contributed by atoms with van der Waals surface area (Å²) in [5, 5.41) is 11.1. The summed E-state index contributed by atoms with van der Waals surface area (Å²) >= 11 is 0. The van der Waals surface area contributed by atoms with Crippen LogP contribution in [0.25, 0.3) is 0 Å². The molecule has 0 radical (unpaired) electrons. The Kier molecular flexibility index (Phi) is 12.6. The first kappa shape index (κ1) is 29.7. The summed E-state index contributed by atoms with van der Waals surface area (Å²) in [6.07, 6.45) is 22.8. The third-order valence-corrected chi connectivity index (χ3v) is 8.74. The minimum absolute atomic E-state index is 0.0411. The molecular weight excluding hydrogens is 484 g/mol. The number of carbonyl (C=O) groups excluding carboxylic acids is 1. The number of hydrogen-bond acceptors (Lipinski definition) is 7. The zero-order valence-electron chi connectivity index (χ0n) is 23.3. The molecule has 0 aromatic rings. The second kappa shape index (κ2) is 16.1. The average Bonchev–Trinajstić information content (AvgIpc) is 3.58. The van der Waals surface area contributed by atoms with Crippen LogP contribution < -0.4 is 0 Å². The molecule has 4 aliphatic rings. The molecule has 2 unspecified atom stereocenters. The molecule has 4 fully saturated rings. The van der Waals surface area contributed by atoms with Gasteiger partial charge >= 0.3 is 5.97 Å². The monoisotopic (exact) mass is 534 g/mol. The van der Waals surface area contributed by atoms with Crippen molar-refractivity contribution in [2.24, 2.45) is 17.8 Å². The first-order valence-electron chi connectivity index (χ1n) is 15.3. The molecule has 7 heteroatoms. The van der Waals surface area contributed by atoms with Gasteiger partial charge in [0.05, 0.1) is 25.4 Å². The van der Waals surface area contributed by atoms with Crippen molar-refractivity contribution in [3.05, 3.63) is 24.3 Å². The molecule has 0 spiro atoms. The lowest BCUT2D eigenvalue weighted by molar-refractivity contribution is -0.193. The van der Waals surface area contributed by atoms with Gasteiger partial charge in [-0.15, -0.1) is 0 Å². The molecule has 0 amide bonds. The minimum Gasteiger partial charge on any atom is -0.469 e. The molecule has 7 atom stereocenters. The van der Waals surface area contributed by atoms with E-state index in [4.69, 9.17) is 23.7 Å². The van der Waals surface area contributed by atoms with E-state index >= 15 is 0 Å². The predicted molar refractivity (Wildman–Crippen MR) is 145 cm³/mol. The van der Waals surface area contributed by atoms with E-state index in [9.17, 15) is 9.90 Å². The summed E-state index contributed by atoms with van der Waals surface area (Å²) < 4.78 is 29.6. The largest absolute Gasteiger partial charge is 0.469 e. The fourth-order valence-corrected chi connectivity index (χ4v) is 6.51. The molecule has 2 heterocycles. The molecule has 0 bridgehead atoms. The first-order valence-corrected chi connectivity index (χ1v) is 15.3. The van der Waals surface area contributed by atoms with Crippen LogP contribution in [0.5, 0.6) is 0 Å². The van der Waals surface area contributed by atoms with Crippen molar-refractivity contribution in [1.29, 1.82) is 0 Å². The van der Waals surface area contributed by atoms with Crippen molar-refractivity contribution in [2.45, 2.75) is 127 Å². The highest BCUT2D eigenvalue weighted by Crippen LogP contribution is 2.40. The number of aliphatic hydroxyl groups is 1. The molecule has 2 saturated carbocycles. The van der Waals surface area contributed by atoms with Crippen LogP contribution in [0.2, 0.25) is 0 Å². The number of aliphatic hydroxyl groups excluding tert-OH is 1. The van der Waals surface area contributed by atoms with Crippen LogP contribution in [-0.2, 0) is 28.5 Å². The maximum absolute atomic E-state index is 11.4. The zero-order valence-corrected chi connectivity index (χ0v) is 23.3. The molecule has 216 valence electrons. The fraction of sp³-hybridized carbons (Fsp3) is 0.839. The fourth-order valence-electron chi connectivity index (χ4n) is 6.51. The van der Waals surface area contributed by atoms with Gasteiger partial charge in [-0.05, 0) is 82.5 Å². The van der Waals surface area contributed by atoms with Gasteiger partial charge in [-0.2, -0.15) is 0 Å². The van der Waals surface area contributed by atoms with Crippen molar-refractivity contribution in [2.75, 3.05) is 20.3 Å². The van der Waals surface area contributed by atoms with Crippen LogP contribution in [-0.4, -0.2) is 62.3 Å². The molecule has 4 rings (SSSR count). The van der Waals surface area contributed by atoms with Gasteiger partial charge in [-0.3, -0.25) is 4.79 Å². The van der Waals surface area contributed by atoms with Crippen LogP contribution in [0.1, 0.15) is 96.3 Å². The Labute approximate surface area is 229 Å². The maximum atomic E-state index is 11.4. The standard InChI is InChI=1S/C31H50O7/c1-34-29(33)15-5-3-2-4-14-24-25(28(22-26(24)32)38-31-17-9-11-21-36-31)18-19-27(23-12-6-7-13-23)37-30-16-8-10-20-35-30/h2,4,18-19,23-28,30-32H,3,5-17,20-22H2,1H3/b4-2-,19-18+/t24-,25-,26+,27-,28-,30?,31?/m1/s1. The Bertz CT molecular complexity index is 735. The second-order valence-corrected chi connectivity index (χ2v) is 11.5. The summed E-state index contributed by atoms with van der Waals surface area (Å²) in [7, 11) is 1.43. The van der Waals surface area contributed by atoms with Crippen molar-refractivity contribution >= 4 is 5.97 Å². The van der Waals surface area contributed by atoms with E-state index in [1.165, 1.54) is 32.8 Å².